The van der Waals surface area contributed by atoms with Gasteiger partial charge in [0.25, 0.3) is 0 Å². The van der Waals surface area contributed by atoms with E-state index in [0.29, 0.717) is 5.92 Å². The lowest BCUT2D eigenvalue weighted by Crippen LogP contribution is -2.33. The Hall–Kier alpha value is -1.27. The van der Waals surface area contributed by atoms with Gasteiger partial charge in [-0.15, -0.1) is 0 Å². The van der Waals surface area contributed by atoms with Gasteiger partial charge in [-0.1, -0.05) is 0 Å². The van der Waals surface area contributed by atoms with Crippen LogP contribution < -0.4 is 16.2 Å². The molecule has 1 aromatic carbocycles. The molecule has 1 aliphatic carbocycles. The van der Waals surface area contributed by atoms with Crippen LogP contribution >= 0.6 is 0 Å². The highest BCUT2D eigenvalue weighted by Gasteiger charge is 2.37. The standard InChI is InChI=1S/C12H19N3O2S/c1-12(2,8-3-4-8)15-9-5-6-11(10(13)7-9)18(14,16)17/h5-8,15H,3-4,13H2,1-2H3,(H2,14,16,17). The van der Waals surface area contributed by atoms with Gasteiger partial charge in [0.2, 0.25) is 10.0 Å². The second-order valence-electron chi connectivity index (χ2n) is 5.42. The number of hydrogen-bond acceptors (Lipinski definition) is 4. The Balaban J connectivity index is 2.24. The number of nitrogens with two attached hydrogens (primary N) is 2. The topological polar surface area (TPSA) is 98.2 Å². The first-order valence-corrected chi connectivity index (χ1v) is 7.45. The van der Waals surface area contributed by atoms with Crippen LogP contribution in [-0.2, 0) is 10.0 Å². The zero-order valence-corrected chi connectivity index (χ0v) is 11.4. The smallest absolute Gasteiger partial charge is 0.240 e. The first kappa shape index (κ1) is 13.2. The normalized spacial score (nSPS) is 16.6. The number of nitrogen functional groups attached to an aromatic ring is 1. The quantitative estimate of drug-likeness (QED) is 0.722. The third-order valence-electron chi connectivity index (χ3n) is 3.38. The van der Waals surface area contributed by atoms with Crippen molar-refractivity contribution >= 4 is 21.4 Å². The van der Waals surface area contributed by atoms with Gasteiger partial charge in [-0.3, -0.25) is 0 Å². The Kier molecular flexibility index (Phi) is 3.03. The molecule has 0 radical (unpaired) electrons. The van der Waals surface area contributed by atoms with Crippen LogP contribution in [0.3, 0.4) is 0 Å². The van der Waals surface area contributed by atoms with Gasteiger partial charge >= 0.3 is 0 Å². The molecule has 1 aliphatic rings. The van der Waals surface area contributed by atoms with Gasteiger partial charge in [0.15, 0.2) is 0 Å². The fourth-order valence-corrected chi connectivity index (χ4v) is 2.81. The molecule has 18 heavy (non-hydrogen) atoms. The average Bonchev–Trinajstić information content (AvgIpc) is 2.97. The molecular weight excluding hydrogens is 250 g/mol. The highest BCUT2D eigenvalue weighted by Crippen LogP contribution is 2.41. The molecule has 0 aromatic heterocycles. The summed E-state index contributed by atoms with van der Waals surface area (Å²) in [5, 5.41) is 8.45. The molecule has 5 nitrogen and oxygen atoms in total. The van der Waals surface area contributed by atoms with Gasteiger partial charge in [-0.05, 0) is 50.8 Å². The van der Waals surface area contributed by atoms with Crippen LogP contribution in [-0.4, -0.2) is 14.0 Å². The lowest BCUT2D eigenvalue weighted by atomic mass is 9.98. The molecular formula is C12H19N3O2S. The second-order valence-corrected chi connectivity index (χ2v) is 6.95. The summed E-state index contributed by atoms with van der Waals surface area (Å²) in [6.07, 6.45) is 2.45. The van der Waals surface area contributed by atoms with E-state index in [1.807, 2.05) is 0 Å². The van der Waals surface area contributed by atoms with E-state index in [-0.39, 0.29) is 16.1 Å². The molecule has 0 bridgehead atoms. The minimum atomic E-state index is -3.75. The van der Waals surface area contributed by atoms with Crippen molar-refractivity contribution in [1.82, 2.24) is 0 Å². The fourth-order valence-electron chi connectivity index (χ4n) is 2.16. The molecule has 1 fully saturated rings. The van der Waals surface area contributed by atoms with E-state index in [4.69, 9.17) is 10.9 Å². The van der Waals surface area contributed by atoms with E-state index in [9.17, 15) is 8.42 Å². The lowest BCUT2D eigenvalue weighted by Gasteiger charge is -2.27. The molecule has 1 saturated carbocycles. The Morgan fingerprint density at radius 2 is 1.94 bits per heavy atom. The van der Waals surface area contributed by atoms with Gasteiger partial charge < -0.3 is 11.1 Å². The SMILES string of the molecule is CC(C)(Nc1ccc(S(N)(=O)=O)c(N)c1)C1CC1. The summed E-state index contributed by atoms with van der Waals surface area (Å²) in [7, 11) is -3.75. The van der Waals surface area contributed by atoms with Crippen molar-refractivity contribution in [3.63, 3.8) is 0 Å². The molecule has 0 saturated heterocycles. The Labute approximate surface area is 108 Å². The zero-order chi connectivity index (χ0) is 13.6. The third kappa shape index (κ3) is 2.76. The maximum Gasteiger partial charge on any atom is 0.240 e. The summed E-state index contributed by atoms with van der Waals surface area (Å²) >= 11 is 0. The second kappa shape index (κ2) is 4.13. The number of anilines is 2. The van der Waals surface area contributed by atoms with Crippen LogP contribution in [0.2, 0.25) is 0 Å². The largest absolute Gasteiger partial charge is 0.398 e. The van der Waals surface area contributed by atoms with E-state index in [2.05, 4.69) is 19.2 Å². The van der Waals surface area contributed by atoms with Crippen LogP contribution in [0, 0.1) is 5.92 Å². The number of benzene rings is 1. The number of primary sulfonamides is 1. The molecule has 0 atom stereocenters. The van der Waals surface area contributed by atoms with Gasteiger partial charge in [-0.2, -0.15) is 0 Å². The zero-order valence-electron chi connectivity index (χ0n) is 10.6. The highest BCUT2D eigenvalue weighted by molar-refractivity contribution is 7.89. The van der Waals surface area contributed by atoms with Crippen molar-refractivity contribution in [1.29, 1.82) is 0 Å². The van der Waals surface area contributed by atoms with E-state index in [0.717, 1.165) is 5.69 Å². The first-order chi connectivity index (χ1) is 8.20. The number of rotatable bonds is 4. The molecule has 0 heterocycles. The summed E-state index contributed by atoms with van der Waals surface area (Å²) < 4.78 is 22.5. The number of nitrogens with one attached hydrogen (secondary N) is 1. The minimum Gasteiger partial charge on any atom is -0.398 e. The maximum atomic E-state index is 11.2. The monoisotopic (exact) mass is 269 g/mol. The van der Waals surface area contributed by atoms with Crippen molar-refractivity contribution in [3.8, 4) is 0 Å². The molecule has 0 aliphatic heterocycles. The van der Waals surface area contributed by atoms with E-state index in [1.54, 1.807) is 12.1 Å². The van der Waals surface area contributed by atoms with Crippen molar-refractivity contribution in [2.75, 3.05) is 11.1 Å². The van der Waals surface area contributed by atoms with E-state index in [1.165, 1.54) is 18.9 Å². The number of sulfonamides is 1. The minimum absolute atomic E-state index is 0.00442. The van der Waals surface area contributed by atoms with Crippen molar-refractivity contribution in [2.24, 2.45) is 11.1 Å². The van der Waals surface area contributed by atoms with Crippen LogP contribution in [0.4, 0.5) is 11.4 Å². The van der Waals surface area contributed by atoms with Gasteiger partial charge in [0, 0.05) is 11.2 Å². The summed E-state index contributed by atoms with van der Waals surface area (Å²) in [6, 6.07) is 4.75. The third-order valence-corrected chi connectivity index (χ3v) is 4.37. The van der Waals surface area contributed by atoms with E-state index >= 15 is 0 Å². The van der Waals surface area contributed by atoms with Gasteiger partial charge in [0.05, 0.1) is 5.69 Å². The Bertz CT molecular complexity index is 563. The molecule has 100 valence electrons. The predicted molar refractivity (Wildman–Crippen MR) is 72.7 cm³/mol. The van der Waals surface area contributed by atoms with Crippen LogP contribution in [0.15, 0.2) is 23.1 Å². The molecule has 5 N–H and O–H groups in total. The molecule has 0 spiro atoms. The highest BCUT2D eigenvalue weighted by atomic mass is 32.2. The number of hydrogen-bond donors (Lipinski definition) is 3. The Morgan fingerprint density at radius 3 is 2.39 bits per heavy atom. The van der Waals surface area contributed by atoms with E-state index < -0.39 is 10.0 Å². The average molecular weight is 269 g/mol. The maximum absolute atomic E-state index is 11.2. The lowest BCUT2D eigenvalue weighted by molar-refractivity contribution is 0.494. The summed E-state index contributed by atoms with van der Waals surface area (Å²) in [5.41, 5.74) is 6.71. The molecule has 0 amide bonds. The molecule has 2 rings (SSSR count). The van der Waals surface area contributed by atoms with Gasteiger partial charge in [0.1, 0.15) is 4.90 Å². The summed E-state index contributed by atoms with van der Waals surface area (Å²) in [4.78, 5) is -0.0303. The van der Waals surface area contributed by atoms with Crippen LogP contribution in [0.5, 0.6) is 0 Å². The van der Waals surface area contributed by atoms with Crippen LogP contribution in [0.1, 0.15) is 26.7 Å². The van der Waals surface area contributed by atoms with Crippen molar-refractivity contribution in [3.05, 3.63) is 18.2 Å². The molecule has 6 heteroatoms. The van der Waals surface area contributed by atoms with Crippen molar-refractivity contribution in [2.45, 2.75) is 37.1 Å². The first-order valence-electron chi connectivity index (χ1n) is 5.91. The van der Waals surface area contributed by atoms with Crippen molar-refractivity contribution < 1.29 is 8.42 Å². The summed E-state index contributed by atoms with van der Waals surface area (Å²) in [6.45, 7) is 4.27. The van der Waals surface area contributed by atoms with Gasteiger partial charge in [-0.25, -0.2) is 13.6 Å². The predicted octanol–water partition coefficient (Wildman–Crippen LogP) is 1.52. The van der Waals surface area contributed by atoms with Crippen LogP contribution in [0.25, 0.3) is 0 Å². The molecule has 0 unspecified atom stereocenters. The summed E-state index contributed by atoms with van der Waals surface area (Å²) in [5.74, 6) is 0.664. The molecule has 1 aromatic rings. The Morgan fingerprint density at radius 1 is 1.33 bits per heavy atom. The fraction of sp³-hybridized carbons (Fsp3) is 0.500.